The van der Waals surface area contributed by atoms with Crippen LogP contribution >= 0.6 is 0 Å². The first kappa shape index (κ1) is 17.0. The van der Waals surface area contributed by atoms with Crippen LogP contribution in [0, 0.1) is 0 Å². The second-order valence-electron chi connectivity index (χ2n) is 6.36. The smallest absolute Gasteiger partial charge is 0.352 e. The number of hydrogen-bond acceptors (Lipinski definition) is 2. The van der Waals surface area contributed by atoms with Gasteiger partial charge in [-0.1, -0.05) is 31.2 Å². The molecule has 0 aliphatic rings. The van der Waals surface area contributed by atoms with Crippen LogP contribution in [0.25, 0.3) is 33.3 Å². The molecular formula is C22H20N2O3. The molecule has 5 heteroatoms. The lowest BCUT2D eigenvalue weighted by Crippen LogP contribution is -1.99. The molecule has 4 aromatic rings. The van der Waals surface area contributed by atoms with E-state index in [0.29, 0.717) is 17.7 Å². The van der Waals surface area contributed by atoms with Crippen molar-refractivity contribution < 1.29 is 14.6 Å². The molecule has 5 nitrogen and oxygen atoms in total. The number of hydrogen-bond donors (Lipinski definition) is 3. The van der Waals surface area contributed by atoms with Gasteiger partial charge in [0.15, 0.2) is 0 Å². The molecule has 0 unspecified atom stereocenters. The van der Waals surface area contributed by atoms with Gasteiger partial charge in [0, 0.05) is 28.2 Å². The number of H-pyrrole nitrogens is 2. The summed E-state index contributed by atoms with van der Waals surface area (Å²) >= 11 is 0. The van der Waals surface area contributed by atoms with Crippen LogP contribution in [0.2, 0.25) is 0 Å². The summed E-state index contributed by atoms with van der Waals surface area (Å²) in [7, 11) is 1.60. The Morgan fingerprint density at radius 2 is 1.96 bits per heavy atom. The van der Waals surface area contributed by atoms with Crippen LogP contribution in [0.5, 0.6) is 5.75 Å². The number of aromatic amines is 2. The lowest BCUT2D eigenvalue weighted by atomic mass is 9.95. The zero-order valence-electron chi connectivity index (χ0n) is 15.2. The summed E-state index contributed by atoms with van der Waals surface area (Å²) in [5.74, 6) is -0.281. The molecule has 0 aliphatic heterocycles. The molecule has 0 spiro atoms. The molecule has 3 N–H and O–H groups in total. The number of carbonyl (C=O) groups is 1. The van der Waals surface area contributed by atoms with Gasteiger partial charge < -0.3 is 19.8 Å². The van der Waals surface area contributed by atoms with Crippen LogP contribution < -0.4 is 4.74 Å². The van der Waals surface area contributed by atoms with Gasteiger partial charge in [-0.3, -0.25) is 0 Å². The fourth-order valence-corrected chi connectivity index (χ4v) is 3.68. The minimum absolute atomic E-state index is 0.197. The lowest BCUT2D eigenvalue weighted by Gasteiger charge is -2.09. The Balaban J connectivity index is 2.02. The normalized spacial score (nSPS) is 11.0. The van der Waals surface area contributed by atoms with Crippen molar-refractivity contribution in [3.05, 3.63) is 66.0 Å². The van der Waals surface area contributed by atoms with E-state index in [2.05, 4.69) is 9.97 Å². The van der Waals surface area contributed by atoms with Gasteiger partial charge in [0.2, 0.25) is 0 Å². The van der Waals surface area contributed by atoms with E-state index in [1.807, 2.05) is 61.7 Å². The third-order valence-electron chi connectivity index (χ3n) is 4.89. The first-order valence-electron chi connectivity index (χ1n) is 8.83. The van der Waals surface area contributed by atoms with Gasteiger partial charge in [-0.15, -0.1) is 0 Å². The van der Waals surface area contributed by atoms with Gasteiger partial charge in [-0.2, -0.15) is 0 Å². The number of methoxy groups -OCH3 is 1. The first-order chi connectivity index (χ1) is 13.1. The van der Waals surface area contributed by atoms with Crippen molar-refractivity contribution >= 4 is 16.9 Å². The number of fused-ring (bicyclic) bond motifs is 1. The number of aromatic nitrogens is 2. The predicted octanol–water partition coefficient (Wildman–Crippen LogP) is 5.10. The average molecular weight is 360 g/mol. The Bertz CT molecular complexity index is 1140. The van der Waals surface area contributed by atoms with E-state index in [-0.39, 0.29) is 5.69 Å². The molecule has 0 saturated carbocycles. The van der Waals surface area contributed by atoms with E-state index in [4.69, 9.17) is 4.74 Å². The SMILES string of the molecule is CCc1c(-c2cccc3[nH]ccc23)[nH]c(C(=O)O)c1-c1cccc(OC)c1. The molecule has 2 aromatic carbocycles. The Morgan fingerprint density at radius 1 is 1.15 bits per heavy atom. The molecule has 0 aliphatic carbocycles. The Labute approximate surface area is 156 Å². The highest BCUT2D eigenvalue weighted by Crippen LogP contribution is 2.39. The molecular weight excluding hydrogens is 340 g/mol. The summed E-state index contributed by atoms with van der Waals surface area (Å²) in [5.41, 5.74) is 5.57. The van der Waals surface area contributed by atoms with Crippen LogP contribution in [0.3, 0.4) is 0 Å². The highest BCUT2D eigenvalue weighted by Gasteiger charge is 2.24. The highest BCUT2D eigenvalue weighted by molar-refractivity contribution is 6.02. The topological polar surface area (TPSA) is 78.1 Å². The molecule has 0 saturated heterocycles. The van der Waals surface area contributed by atoms with Crippen molar-refractivity contribution in [2.24, 2.45) is 0 Å². The quantitative estimate of drug-likeness (QED) is 0.463. The van der Waals surface area contributed by atoms with Gasteiger partial charge >= 0.3 is 5.97 Å². The monoisotopic (exact) mass is 360 g/mol. The standard InChI is InChI=1S/C22H20N2O3/c1-3-15-19(13-6-4-7-14(12-13)27-2)21(22(25)26)24-20(15)17-8-5-9-18-16(17)10-11-23-18/h4-12,23-24H,3H2,1-2H3,(H,25,26). The van der Waals surface area contributed by atoms with E-state index in [0.717, 1.165) is 33.3 Å². The summed E-state index contributed by atoms with van der Waals surface area (Å²) in [6.07, 6.45) is 2.59. The first-order valence-corrected chi connectivity index (χ1v) is 8.83. The van der Waals surface area contributed by atoms with E-state index in [1.54, 1.807) is 7.11 Å². The Kier molecular flexibility index (Phi) is 4.20. The molecule has 2 heterocycles. The Hall–Kier alpha value is -3.47. The van der Waals surface area contributed by atoms with Crippen molar-refractivity contribution in [2.75, 3.05) is 7.11 Å². The predicted molar refractivity (Wildman–Crippen MR) is 106 cm³/mol. The summed E-state index contributed by atoms with van der Waals surface area (Å²) in [6.45, 7) is 2.04. The lowest BCUT2D eigenvalue weighted by molar-refractivity contribution is 0.0692. The highest BCUT2D eigenvalue weighted by atomic mass is 16.5. The van der Waals surface area contributed by atoms with Gasteiger partial charge in [0.1, 0.15) is 11.4 Å². The number of carboxylic acids is 1. The second-order valence-corrected chi connectivity index (χ2v) is 6.36. The second kappa shape index (κ2) is 6.68. The van der Waals surface area contributed by atoms with Crippen molar-refractivity contribution in [3.63, 3.8) is 0 Å². The van der Waals surface area contributed by atoms with Gasteiger partial charge in [0.05, 0.1) is 12.8 Å². The molecule has 0 amide bonds. The van der Waals surface area contributed by atoms with Crippen LogP contribution in [-0.4, -0.2) is 28.2 Å². The molecule has 2 aromatic heterocycles. The molecule has 0 radical (unpaired) electrons. The van der Waals surface area contributed by atoms with Crippen molar-refractivity contribution in [1.82, 2.24) is 9.97 Å². The number of nitrogens with one attached hydrogen (secondary N) is 2. The van der Waals surface area contributed by atoms with Gasteiger partial charge in [0.25, 0.3) is 0 Å². The minimum Gasteiger partial charge on any atom is -0.497 e. The average Bonchev–Trinajstić information content (AvgIpc) is 3.32. The van der Waals surface area contributed by atoms with Crippen molar-refractivity contribution in [3.8, 4) is 28.1 Å². The van der Waals surface area contributed by atoms with E-state index in [9.17, 15) is 9.90 Å². The number of rotatable bonds is 5. The maximum absolute atomic E-state index is 12.0. The van der Waals surface area contributed by atoms with Gasteiger partial charge in [-0.05, 0) is 41.8 Å². The molecule has 4 rings (SSSR count). The zero-order chi connectivity index (χ0) is 19.0. The summed E-state index contributed by atoms with van der Waals surface area (Å²) in [6, 6.07) is 15.5. The molecule has 136 valence electrons. The molecule has 0 atom stereocenters. The summed E-state index contributed by atoms with van der Waals surface area (Å²) in [4.78, 5) is 18.4. The fraction of sp³-hybridized carbons (Fsp3) is 0.136. The van der Waals surface area contributed by atoms with Crippen LogP contribution in [-0.2, 0) is 6.42 Å². The van der Waals surface area contributed by atoms with E-state index >= 15 is 0 Å². The minimum atomic E-state index is -0.977. The van der Waals surface area contributed by atoms with Crippen LogP contribution in [0.15, 0.2) is 54.7 Å². The molecule has 27 heavy (non-hydrogen) atoms. The molecule has 0 bridgehead atoms. The molecule has 0 fully saturated rings. The summed E-state index contributed by atoms with van der Waals surface area (Å²) in [5, 5.41) is 10.9. The van der Waals surface area contributed by atoms with Gasteiger partial charge in [-0.25, -0.2) is 4.79 Å². The van der Waals surface area contributed by atoms with E-state index < -0.39 is 5.97 Å². The zero-order valence-corrected chi connectivity index (χ0v) is 15.2. The maximum atomic E-state index is 12.0. The number of ether oxygens (including phenoxy) is 1. The Morgan fingerprint density at radius 3 is 2.70 bits per heavy atom. The largest absolute Gasteiger partial charge is 0.497 e. The van der Waals surface area contributed by atoms with E-state index in [1.165, 1.54) is 0 Å². The third kappa shape index (κ3) is 2.77. The summed E-state index contributed by atoms with van der Waals surface area (Å²) < 4.78 is 5.33. The van der Waals surface area contributed by atoms with Crippen molar-refractivity contribution in [2.45, 2.75) is 13.3 Å². The number of aromatic carboxylic acids is 1. The van der Waals surface area contributed by atoms with Crippen LogP contribution in [0.4, 0.5) is 0 Å². The number of carboxylic acid groups (broad SMARTS) is 1. The third-order valence-corrected chi connectivity index (χ3v) is 4.89. The maximum Gasteiger partial charge on any atom is 0.352 e. The fourth-order valence-electron chi connectivity index (χ4n) is 3.68. The van der Waals surface area contributed by atoms with Crippen LogP contribution in [0.1, 0.15) is 23.0 Å². The number of benzene rings is 2. The van der Waals surface area contributed by atoms with Crippen molar-refractivity contribution in [1.29, 1.82) is 0 Å².